The number of rotatable bonds is 4. The Bertz CT molecular complexity index is 1100. The molecule has 25 heavy (non-hydrogen) atoms. The molecular weight excluding hydrogens is 370 g/mol. The maximum atomic E-state index is 12.2. The molecule has 1 aromatic carbocycles. The number of fused-ring (bicyclic) bond motifs is 1. The van der Waals surface area contributed by atoms with Crippen LogP contribution in [0, 0.1) is 10.1 Å². The molecule has 0 aliphatic rings. The molecule has 2 heterocycles. The number of carboxylic acid groups (broad SMARTS) is 1. The molecule has 0 aliphatic heterocycles. The van der Waals surface area contributed by atoms with Gasteiger partial charge in [0.1, 0.15) is 9.90 Å². The first kappa shape index (κ1) is 16.8. The predicted molar refractivity (Wildman–Crippen MR) is 93.3 cm³/mol. The number of para-hydroxylation sites is 1. The van der Waals surface area contributed by atoms with E-state index in [1.165, 1.54) is 24.3 Å². The molecule has 10 heteroatoms. The summed E-state index contributed by atoms with van der Waals surface area (Å²) in [7, 11) is 0. The molecule has 0 spiro atoms. The van der Waals surface area contributed by atoms with Gasteiger partial charge < -0.3 is 5.11 Å². The Labute approximate surface area is 148 Å². The molecule has 3 rings (SSSR count). The van der Waals surface area contributed by atoms with Crippen molar-refractivity contribution in [1.82, 2.24) is 9.38 Å². The van der Waals surface area contributed by atoms with Crippen LogP contribution in [-0.2, 0) is 0 Å². The lowest BCUT2D eigenvalue weighted by Crippen LogP contribution is -2.14. The Kier molecular flexibility index (Phi) is 4.34. The molecule has 0 saturated carbocycles. The fraction of sp³-hybridized carbons (Fsp3) is 0. The second-order valence-corrected chi connectivity index (χ2v) is 6.21. The van der Waals surface area contributed by atoms with Crippen LogP contribution in [0.15, 0.2) is 35.3 Å². The summed E-state index contributed by atoms with van der Waals surface area (Å²) >= 11 is 6.83. The Balaban J connectivity index is 2.11. The van der Waals surface area contributed by atoms with Crippen LogP contribution in [0.25, 0.3) is 17.1 Å². The zero-order valence-corrected chi connectivity index (χ0v) is 13.8. The average Bonchev–Trinajstić information content (AvgIpc) is 3.01. The zero-order chi connectivity index (χ0) is 18.1. The zero-order valence-electron chi connectivity index (χ0n) is 12.2. The van der Waals surface area contributed by atoms with Crippen LogP contribution in [0.3, 0.4) is 0 Å². The summed E-state index contributed by atoms with van der Waals surface area (Å²) in [6.07, 6.45) is 3.96. The van der Waals surface area contributed by atoms with Gasteiger partial charge in [-0.2, -0.15) is 0 Å². The SMILES string of the molecule is O=C(O)c1cn2c(=O)c(Cl)c(C=Cc3ccccc3[N+](=O)[O-])nc2s1. The third-order valence-electron chi connectivity index (χ3n) is 3.27. The molecule has 2 aromatic heterocycles. The number of halogens is 1. The molecule has 8 nitrogen and oxygen atoms in total. The fourth-order valence-electron chi connectivity index (χ4n) is 2.11. The number of aromatic carboxylic acids is 1. The first-order valence-corrected chi connectivity index (χ1v) is 7.94. The summed E-state index contributed by atoms with van der Waals surface area (Å²) in [5, 5.41) is 19.8. The number of nitro benzene ring substituents is 1. The number of hydrogen-bond donors (Lipinski definition) is 1. The maximum Gasteiger partial charge on any atom is 0.347 e. The summed E-state index contributed by atoms with van der Waals surface area (Å²) in [4.78, 5) is 38.0. The summed E-state index contributed by atoms with van der Waals surface area (Å²) in [5.41, 5.74) is -0.291. The highest BCUT2D eigenvalue weighted by molar-refractivity contribution is 7.18. The second kappa shape index (κ2) is 6.46. The van der Waals surface area contributed by atoms with E-state index in [-0.39, 0.29) is 26.2 Å². The molecule has 0 bridgehead atoms. The molecule has 0 amide bonds. The number of carbonyl (C=O) groups is 1. The van der Waals surface area contributed by atoms with Crippen molar-refractivity contribution in [2.24, 2.45) is 0 Å². The van der Waals surface area contributed by atoms with Crippen molar-refractivity contribution in [3.8, 4) is 0 Å². The quantitative estimate of drug-likeness (QED) is 0.551. The third kappa shape index (κ3) is 3.14. The highest BCUT2D eigenvalue weighted by atomic mass is 35.5. The molecule has 3 aromatic rings. The molecule has 0 fully saturated rings. The summed E-state index contributed by atoms with van der Waals surface area (Å²) in [6, 6.07) is 6.07. The number of carboxylic acids is 1. The molecule has 126 valence electrons. The van der Waals surface area contributed by atoms with Crippen molar-refractivity contribution in [3.05, 3.63) is 72.1 Å². The van der Waals surface area contributed by atoms with Gasteiger partial charge in [0.15, 0.2) is 4.96 Å². The number of benzene rings is 1. The van der Waals surface area contributed by atoms with E-state index in [0.29, 0.717) is 5.56 Å². The minimum atomic E-state index is -1.18. The van der Waals surface area contributed by atoms with Crippen LogP contribution in [0.4, 0.5) is 5.69 Å². The number of hydrogen-bond acceptors (Lipinski definition) is 6. The van der Waals surface area contributed by atoms with E-state index in [1.54, 1.807) is 12.1 Å². The first-order valence-electron chi connectivity index (χ1n) is 6.75. The fourth-order valence-corrected chi connectivity index (χ4v) is 3.13. The Morgan fingerprint density at radius 1 is 1.36 bits per heavy atom. The van der Waals surface area contributed by atoms with Gasteiger partial charge >= 0.3 is 5.97 Å². The number of nitrogens with zero attached hydrogens (tertiary/aromatic N) is 3. The predicted octanol–water partition coefficient (Wildman–Crippen LogP) is 3.19. The van der Waals surface area contributed by atoms with E-state index < -0.39 is 16.5 Å². The van der Waals surface area contributed by atoms with Crippen LogP contribution in [0.5, 0.6) is 0 Å². The largest absolute Gasteiger partial charge is 0.477 e. The van der Waals surface area contributed by atoms with Gasteiger partial charge in [0.2, 0.25) is 0 Å². The van der Waals surface area contributed by atoms with Gasteiger partial charge in [-0.3, -0.25) is 19.3 Å². The van der Waals surface area contributed by atoms with E-state index in [0.717, 1.165) is 21.9 Å². The first-order chi connectivity index (χ1) is 11.9. The molecule has 0 radical (unpaired) electrons. The van der Waals surface area contributed by atoms with Crippen molar-refractivity contribution in [1.29, 1.82) is 0 Å². The highest BCUT2D eigenvalue weighted by Gasteiger charge is 2.15. The van der Waals surface area contributed by atoms with Crippen LogP contribution < -0.4 is 5.56 Å². The minimum Gasteiger partial charge on any atom is -0.477 e. The van der Waals surface area contributed by atoms with E-state index in [1.807, 2.05) is 0 Å². The van der Waals surface area contributed by atoms with Crippen molar-refractivity contribution in [2.45, 2.75) is 0 Å². The van der Waals surface area contributed by atoms with Gasteiger partial charge in [0, 0.05) is 12.3 Å². The third-order valence-corrected chi connectivity index (χ3v) is 4.59. The number of nitro groups is 1. The van der Waals surface area contributed by atoms with Crippen molar-refractivity contribution in [2.75, 3.05) is 0 Å². The standard InChI is InChI=1S/C15H8ClN3O5S/c16-12-9(6-5-8-3-1-2-4-10(8)19(23)24)17-15-18(13(12)20)7-11(25-15)14(21)22/h1-7H,(H,21,22). The lowest BCUT2D eigenvalue weighted by Gasteiger charge is -1.99. The summed E-state index contributed by atoms with van der Waals surface area (Å²) < 4.78 is 1.05. The summed E-state index contributed by atoms with van der Waals surface area (Å²) in [6.45, 7) is 0. The van der Waals surface area contributed by atoms with Gasteiger partial charge in [-0.1, -0.05) is 35.1 Å². The normalized spacial score (nSPS) is 11.2. The molecule has 0 atom stereocenters. The van der Waals surface area contributed by atoms with E-state index in [9.17, 15) is 19.7 Å². The van der Waals surface area contributed by atoms with Gasteiger partial charge in [-0.25, -0.2) is 9.78 Å². The monoisotopic (exact) mass is 377 g/mol. The van der Waals surface area contributed by atoms with Gasteiger partial charge in [-0.15, -0.1) is 0 Å². The maximum absolute atomic E-state index is 12.2. The topological polar surface area (TPSA) is 115 Å². The average molecular weight is 378 g/mol. The van der Waals surface area contributed by atoms with Crippen LogP contribution in [-0.4, -0.2) is 25.4 Å². The number of thiazole rings is 1. The Morgan fingerprint density at radius 3 is 2.76 bits per heavy atom. The van der Waals surface area contributed by atoms with Gasteiger partial charge in [0.25, 0.3) is 11.2 Å². The van der Waals surface area contributed by atoms with E-state index in [2.05, 4.69) is 4.98 Å². The Hall–Kier alpha value is -3.04. The van der Waals surface area contributed by atoms with Crippen molar-refractivity contribution < 1.29 is 14.8 Å². The van der Waals surface area contributed by atoms with Crippen LogP contribution >= 0.6 is 22.9 Å². The molecule has 1 N–H and O–H groups in total. The molecule has 0 saturated heterocycles. The Morgan fingerprint density at radius 2 is 2.08 bits per heavy atom. The lowest BCUT2D eigenvalue weighted by atomic mass is 10.1. The van der Waals surface area contributed by atoms with Gasteiger partial charge in [-0.05, 0) is 18.2 Å². The summed E-state index contributed by atoms with van der Waals surface area (Å²) in [5.74, 6) is -1.18. The van der Waals surface area contributed by atoms with Crippen molar-refractivity contribution in [3.63, 3.8) is 0 Å². The highest BCUT2D eigenvalue weighted by Crippen LogP contribution is 2.23. The van der Waals surface area contributed by atoms with E-state index >= 15 is 0 Å². The molecule has 0 unspecified atom stereocenters. The van der Waals surface area contributed by atoms with Gasteiger partial charge in [0.05, 0.1) is 16.2 Å². The molecular formula is C15H8ClN3O5S. The smallest absolute Gasteiger partial charge is 0.347 e. The van der Waals surface area contributed by atoms with E-state index in [4.69, 9.17) is 16.7 Å². The van der Waals surface area contributed by atoms with Crippen molar-refractivity contribution >= 4 is 51.7 Å². The van der Waals surface area contributed by atoms with Crippen LogP contribution in [0.2, 0.25) is 5.02 Å². The lowest BCUT2D eigenvalue weighted by molar-refractivity contribution is -0.385. The second-order valence-electron chi connectivity index (χ2n) is 4.82. The minimum absolute atomic E-state index is 0.0551. The van der Waals surface area contributed by atoms with Crippen LogP contribution in [0.1, 0.15) is 20.9 Å². The number of aromatic nitrogens is 2. The molecule has 0 aliphatic carbocycles.